The van der Waals surface area contributed by atoms with E-state index < -0.39 is 0 Å². The number of hydrogen-bond donors (Lipinski definition) is 1. The largest absolute Gasteiger partial charge is 0.351 e. The monoisotopic (exact) mass is 347 g/mol. The summed E-state index contributed by atoms with van der Waals surface area (Å²) in [6.45, 7) is 4.37. The van der Waals surface area contributed by atoms with Crippen LogP contribution in [-0.2, 0) is 13.5 Å². The van der Waals surface area contributed by atoms with Crippen molar-refractivity contribution in [3.05, 3.63) is 23.1 Å². The summed E-state index contributed by atoms with van der Waals surface area (Å²) >= 11 is 6.41. The van der Waals surface area contributed by atoms with E-state index in [1.165, 1.54) is 18.5 Å². The van der Waals surface area contributed by atoms with Gasteiger partial charge in [0.25, 0.3) is 0 Å². The van der Waals surface area contributed by atoms with Crippen LogP contribution in [0.5, 0.6) is 0 Å². The van der Waals surface area contributed by atoms with Crippen molar-refractivity contribution in [2.45, 2.75) is 58.4 Å². The van der Waals surface area contributed by atoms with E-state index in [-0.39, 0.29) is 0 Å². The van der Waals surface area contributed by atoms with Crippen LogP contribution in [0.25, 0.3) is 11.3 Å². The van der Waals surface area contributed by atoms with E-state index in [0.717, 1.165) is 42.9 Å². The van der Waals surface area contributed by atoms with Gasteiger partial charge in [-0.3, -0.25) is 4.68 Å². The molecule has 0 bridgehead atoms. The van der Waals surface area contributed by atoms with Crippen LogP contribution in [0.1, 0.15) is 51.6 Å². The predicted octanol–water partition coefficient (Wildman–Crippen LogP) is 4.47. The minimum Gasteiger partial charge on any atom is -0.351 e. The van der Waals surface area contributed by atoms with E-state index in [2.05, 4.69) is 29.2 Å². The molecule has 24 heavy (non-hydrogen) atoms. The van der Waals surface area contributed by atoms with Crippen LogP contribution < -0.4 is 5.32 Å². The summed E-state index contributed by atoms with van der Waals surface area (Å²) in [5.41, 5.74) is 3.03. The third kappa shape index (κ3) is 3.89. The summed E-state index contributed by atoms with van der Waals surface area (Å²) in [4.78, 5) is 9.07. The van der Waals surface area contributed by atoms with Gasteiger partial charge in [-0.1, -0.05) is 31.9 Å². The lowest BCUT2D eigenvalue weighted by molar-refractivity contribution is 0.617. The molecule has 1 saturated carbocycles. The zero-order chi connectivity index (χ0) is 17.1. The van der Waals surface area contributed by atoms with Gasteiger partial charge in [-0.25, -0.2) is 9.97 Å². The highest BCUT2D eigenvalue weighted by atomic mass is 35.5. The lowest BCUT2D eigenvalue weighted by Gasteiger charge is -2.16. The Kier molecular flexibility index (Phi) is 5.39. The maximum atomic E-state index is 6.41. The fourth-order valence-electron chi connectivity index (χ4n) is 3.03. The van der Waals surface area contributed by atoms with Gasteiger partial charge < -0.3 is 5.32 Å². The fraction of sp³-hybridized carbons (Fsp3) is 0.611. The summed E-state index contributed by atoms with van der Waals surface area (Å²) in [7, 11) is 1.99. The van der Waals surface area contributed by atoms with Crippen molar-refractivity contribution in [3.8, 4) is 11.3 Å². The Balaban J connectivity index is 1.89. The van der Waals surface area contributed by atoms with Gasteiger partial charge in [0, 0.05) is 24.3 Å². The van der Waals surface area contributed by atoms with Crippen LogP contribution >= 0.6 is 11.6 Å². The highest BCUT2D eigenvalue weighted by molar-refractivity contribution is 6.32. The van der Waals surface area contributed by atoms with Gasteiger partial charge in [0.05, 0.1) is 23.1 Å². The molecular formula is C18H26ClN5. The number of anilines is 1. The SMILES string of the molecule is CCC[C@@H](CC)Nc1ncc(Cl)c(-c2cnn(C)c2CC2CC2)n1. The van der Waals surface area contributed by atoms with Gasteiger partial charge in [0.1, 0.15) is 0 Å². The number of nitrogens with one attached hydrogen (secondary N) is 1. The Labute approximate surface area is 148 Å². The number of aromatic nitrogens is 4. The summed E-state index contributed by atoms with van der Waals surface area (Å²) < 4.78 is 1.95. The van der Waals surface area contributed by atoms with Crippen molar-refractivity contribution in [2.75, 3.05) is 5.32 Å². The first-order valence-corrected chi connectivity index (χ1v) is 9.30. The molecule has 0 aromatic carbocycles. The fourth-order valence-corrected chi connectivity index (χ4v) is 3.23. The van der Waals surface area contributed by atoms with Crippen molar-refractivity contribution in [2.24, 2.45) is 13.0 Å². The molecule has 130 valence electrons. The van der Waals surface area contributed by atoms with E-state index in [1.807, 2.05) is 17.9 Å². The minimum atomic E-state index is 0.392. The summed E-state index contributed by atoms with van der Waals surface area (Å²) in [6, 6.07) is 0.392. The molecular weight excluding hydrogens is 322 g/mol. The topological polar surface area (TPSA) is 55.6 Å². The third-order valence-corrected chi connectivity index (χ3v) is 4.98. The molecule has 1 atom stereocenters. The van der Waals surface area contributed by atoms with Gasteiger partial charge in [-0.15, -0.1) is 0 Å². The maximum absolute atomic E-state index is 6.41. The standard InChI is InChI=1S/C18H26ClN5/c1-4-6-13(5-2)22-18-20-11-15(19)17(23-18)14-10-21-24(3)16(14)9-12-7-8-12/h10-13H,4-9H2,1-3H3,(H,20,22,23)/t13-/m1/s1. The second-order valence-electron chi connectivity index (χ2n) is 6.70. The average Bonchev–Trinajstić information content (AvgIpc) is 3.32. The molecule has 2 aromatic rings. The van der Waals surface area contributed by atoms with E-state index in [0.29, 0.717) is 17.0 Å². The maximum Gasteiger partial charge on any atom is 0.223 e. The molecule has 2 heterocycles. The van der Waals surface area contributed by atoms with Crippen molar-refractivity contribution < 1.29 is 0 Å². The molecule has 0 radical (unpaired) electrons. The zero-order valence-corrected chi connectivity index (χ0v) is 15.5. The van der Waals surface area contributed by atoms with E-state index in [1.54, 1.807) is 6.20 Å². The molecule has 1 aliphatic carbocycles. The summed E-state index contributed by atoms with van der Waals surface area (Å²) in [6.07, 6.45) is 10.5. The van der Waals surface area contributed by atoms with Crippen LogP contribution in [0, 0.1) is 5.92 Å². The number of hydrogen-bond acceptors (Lipinski definition) is 4. The van der Waals surface area contributed by atoms with Gasteiger partial charge >= 0.3 is 0 Å². The quantitative estimate of drug-likeness (QED) is 0.765. The molecule has 5 nitrogen and oxygen atoms in total. The second-order valence-corrected chi connectivity index (χ2v) is 7.11. The Morgan fingerprint density at radius 3 is 2.79 bits per heavy atom. The Hall–Kier alpha value is -1.62. The highest BCUT2D eigenvalue weighted by Gasteiger charge is 2.26. The second kappa shape index (κ2) is 7.51. The van der Waals surface area contributed by atoms with Crippen molar-refractivity contribution in [1.29, 1.82) is 0 Å². The van der Waals surface area contributed by atoms with E-state index in [9.17, 15) is 0 Å². The minimum absolute atomic E-state index is 0.392. The molecule has 1 N–H and O–H groups in total. The molecule has 0 unspecified atom stereocenters. The van der Waals surface area contributed by atoms with Crippen molar-refractivity contribution >= 4 is 17.5 Å². The smallest absolute Gasteiger partial charge is 0.223 e. The first-order chi connectivity index (χ1) is 11.6. The number of nitrogens with zero attached hydrogens (tertiary/aromatic N) is 4. The predicted molar refractivity (Wildman–Crippen MR) is 98.3 cm³/mol. The van der Waals surface area contributed by atoms with Crippen LogP contribution in [0.4, 0.5) is 5.95 Å². The van der Waals surface area contributed by atoms with Gasteiger partial charge in [-0.2, -0.15) is 5.10 Å². The molecule has 2 aromatic heterocycles. The number of aryl methyl sites for hydroxylation is 1. The summed E-state index contributed by atoms with van der Waals surface area (Å²) in [5, 5.41) is 8.44. The lowest BCUT2D eigenvalue weighted by atomic mass is 10.1. The molecule has 6 heteroatoms. The first kappa shape index (κ1) is 17.2. The molecule has 0 spiro atoms. The van der Waals surface area contributed by atoms with E-state index in [4.69, 9.17) is 16.6 Å². The van der Waals surface area contributed by atoms with E-state index >= 15 is 0 Å². The molecule has 3 rings (SSSR count). The average molecular weight is 348 g/mol. The molecule has 0 saturated heterocycles. The lowest BCUT2D eigenvalue weighted by Crippen LogP contribution is -2.19. The van der Waals surface area contributed by atoms with Crippen LogP contribution in [-0.4, -0.2) is 25.8 Å². The van der Waals surface area contributed by atoms with Gasteiger partial charge in [0.2, 0.25) is 5.95 Å². The van der Waals surface area contributed by atoms with Gasteiger partial charge in [-0.05, 0) is 38.0 Å². The van der Waals surface area contributed by atoms with Crippen LogP contribution in [0.15, 0.2) is 12.4 Å². The van der Waals surface area contributed by atoms with Crippen LogP contribution in [0.2, 0.25) is 5.02 Å². The number of rotatable bonds is 8. The van der Waals surface area contributed by atoms with Crippen molar-refractivity contribution in [1.82, 2.24) is 19.7 Å². The van der Waals surface area contributed by atoms with Crippen LogP contribution in [0.3, 0.4) is 0 Å². The Morgan fingerprint density at radius 1 is 1.33 bits per heavy atom. The zero-order valence-electron chi connectivity index (χ0n) is 14.7. The molecule has 0 amide bonds. The normalized spacial score (nSPS) is 15.5. The summed E-state index contributed by atoms with van der Waals surface area (Å²) in [5.74, 6) is 1.43. The molecule has 1 aliphatic rings. The highest BCUT2D eigenvalue weighted by Crippen LogP contribution is 2.36. The third-order valence-electron chi connectivity index (χ3n) is 4.70. The molecule has 0 aliphatic heterocycles. The Morgan fingerprint density at radius 2 is 2.12 bits per heavy atom. The number of halogens is 1. The Bertz CT molecular complexity index is 693. The van der Waals surface area contributed by atoms with Gasteiger partial charge in [0.15, 0.2) is 0 Å². The molecule has 1 fully saturated rings. The first-order valence-electron chi connectivity index (χ1n) is 8.92. The van der Waals surface area contributed by atoms with Crippen molar-refractivity contribution in [3.63, 3.8) is 0 Å².